The molecule has 2 rings (SSSR count). The van der Waals surface area contributed by atoms with Crippen LogP contribution in [0.2, 0.25) is 0 Å². The Morgan fingerprint density at radius 3 is 2.60 bits per heavy atom. The fraction of sp³-hybridized carbons (Fsp3) is 1.00. The summed E-state index contributed by atoms with van der Waals surface area (Å²) in [4.78, 5) is 5.27. The predicted octanol–water partition coefficient (Wildman–Crippen LogP) is 0.766. The lowest BCUT2D eigenvalue weighted by Crippen LogP contribution is -2.52. The molecular weight excluding hydrogens is 186 g/mol. The van der Waals surface area contributed by atoms with Gasteiger partial charge >= 0.3 is 0 Å². The molecule has 2 fully saturated rings. The maximum absolute atomic E-state index is 3.45. The first-order valence-corrected chi connectivity index (χ1v) is 6.53. The zero-order chi connectivity index (χ0) is 10.5. The third kappa shape index (κ3) is 3.44. The van der Waals surface area contributed by atoms with Crippen LogP contribution in [-0.2, 0) is 0 Å². The summed E-state index contributed by atoms with van der Waals surface area (Å²) in [6.07, 6.45) is 4.27. The van der Waals surface area contributed by atoms with E-state index in [2.05, 4.69) is 22.0 Å². The van der Waals surface area contributed by atoms with E-state index in [1.807, 2.05) is 0 Å². The Morgan fingerprint density at radius 2 is 1.87 bits per heavy atom. The molecule has 15 heavy (non-hydrogen) atoms. The Hall–Kier alpha value is -0.120. The number of hydrogen-bond donors (Lipinski definition) is 1. The zero-order valence-corrected chi connectivity index (χ0v) is 10.0. The highest BCUT2D eigenvalue weighted by molar-refractivity contribution is 4.77. The summed E-state index contributed by atoms with van der Waals surface area (Å²) in [6, 6.07) is 0.726. The average Bonchev–Trinajstić information content (AvgIpc) is 2.29. The molecule has 88 valence electrons. The number of piperidine rings is 1. The minimum atomic E-state index is 0.726. The third-order valence-electron chi connectivity index (χ3n) is 3.79. The van der Waals surface area contributed by atoms with Gasteiger partial charge in [0.15, 0.2) is 0 Å². The largest absolute Gasteiger partial charge is 0.314 e. The van der Waals surface area contributed by atoms with Crippen LogP contribution in [0, 0.1) is 0 Å². The van der Waals surface area contributed by atoms with Gasteiger partial charge in [0.05, 0.1) is 0 Å². The molecular formula is C12H25N3. The second kappa shape index (κ2) is 5.83. The molecule has 0 unspecified atom stereocenters. The molecule has 0 aromatic heterocycles. The van der Waals surface area contributed by atoms with Crippen molar-refractivity contribution in [1.82, 2.24) is 15.1 Å². The molecule has 2 heterocycles. The van der Waals surface area contributed by atoms with Crippen LogP contribution in [0.5, 0.6) is 0 Å². The molecule has 0 spiro atoms. The van der Waals surface area contributed by atoms with Gasteiger partial charge in [0.25, 0.3) is 0 Å². The number of hydrogen-bond acceptors (Lipinski definition) is 3. The molecule has 0 radical (unpaired) electrons. The van der Waals surface area contributed by atoms with Crippen LogP contribution in [-0.4, -0.2) is 61.7 Å². The van der Waals surface area contributed by atoms with Gasteiger partial charge in [-0.1, -0.05) is 6.42 Å². The molecule has 2 aliphatic heterocycles. The molecule has 2 saturated heterocycles. The zero-order valence-electron chi connectivity index (χ0n) is 10.0. The number of rotatable bonds is 3. The van der Waals surface area contributed by atoms with Gasteiger partial charge in [-0.05, 0) is 32.9 Å². The van der Waals surface area contributed by atoms with E-state index in [1.165, 1.54) is 65.1 Å². The van der Waals surface area contributed by atoms with Gasteiger partial charge in [0.2, 0.25) is 0 Å². The van der Waals surface area contributed by atoms with E-state index in [9.17, 15) is 0 Å². The lowest BCUT2D eigenvalue weighted by molar-refractivity contribution is 0.136. The smallest absolute Gasteiger partial charge is 0.0193 e. The van der Waals surface area contributed by atoms with Crippen molar-refractivity contribution in [3.05, 3.63) is 0 Å². The van der Waals surface area contributed by atoms with Gasteiger partial charge < -0.3 is 10.2 Å². The second-order valence-electron chi connectivity index (χ2n) is 4.99. The molecule has 0 saturated carbocycles. The number of likely N-dealkylation sites (tertiary alicyclic amines) is 1. The molecule has 0 aromatic rings. The fourth-order valence-corrected chi connectivity index (χ4v) is 2.67. The van der Waals surface area contributed by atoms with Crippen molar-refractivity contribution in [1.29, 1.82) is 0 Å². The fourth-order valence-electron chi connectivity index (χ4n) is 2.67. The maximum atomic E-state index is 3.45. The van der Waals surface area contributed by atoms with Gasteiger partial charge in [-0.25, -0.2) is 0 Å². The molecule has 0 amide bonds. The normalized spacial score (nSPS) is 30.6. The van der Waals surface area contributed by atoms with Crippen molar-refractivity contribution in [2.45, 2.75) is 32.2 Å². The van der Waals surface area contributed by atoms with Crippen molar-refractivity contribution >= 4 is 0 Å². The van der Waals surface area contributed by atoms with Crippen LogP contribution in [0.1, 0.15) is 26.2 Å². The quantitative estimate of drug-likeness (QED) is 0.744. The van der Waals surface area contributed by atoms with Crippen molar-refractivity contribution in [2.75, 3.05) is 45.8 Å². The van der Waals surface area contributed by atoms with E-state index < -0.39 is 0 Å². The molecule has 0 aromatic carbocycles. The van der Waals surface area contributed by atoms with E-state index in [0.29, 0.717) is 0 Å². The van der Waals surface area contributed by atoms with E-state index in [1.54, 1.807) is 0 Å². The molecule has 1 atom stereocenters. The second-order valence-corrected chi connectivity index (χ2v) is 4.99. The molecule has 1 N–H and O–H groups in total. The Morgan fingerprint density at radius 1 is 1.07 bits per heavy atom. The summed E-state index contributed by atoms with van der Waals surface area (Å²) < 4.78 is 0. The summed E-state index contributed by atoms with van der Waals surface area (Å²) in [5.41, 5.74) is 0. The molecule has 0 bridgehead atoms. The van der Waals surface area contributed by atoms with Crippen LogP contribution >= 0.6 is 0 Å². The lowest BCUT2D eigenvalue weighted by Gasteiger charge is -2.36. The van der Waals surface area contributed by atoms with Crippen LogP contribution in [0.4, 0.5) is 0 Å². The van der Waals surface area contributed by atoms with E-state index in [0.717, 1.165) is 6.04 Å². The highest BCUT2D eigenvalue weighted by atomic mass is 15.2. The third-order valence-corrected chi connectivity index (χ3v) is 3.79. The summed E-state index contributed by atoms with van der Waals surface area (Å²) in [7, 11) is 0. The molecule has 2 aliphatic rings. The van der Waals surface area contributed by atoms with Gasteiger partial charge in [0, 0.05) is 38.8 Å². The van der Waals surface area contributed by atoms with E-state index in [4.69, 9.17) is 0 Å². The van der Waals surface area contributed by atoms with E-state index in [-0.39, 0.29) is 0 Å². The lowest BCUT2D eigenvalue weighted by atomic mass is 10.1. The SMILES string of the molecule is C[C@H]1CNCCN1CCN1CCCCC1. The first-order chi connectivity index (χ1) is 7.36. The van der Waals surface area contributed by atoms with Crippen molar-refractivity contribution in [2.24, 2.45) is 0 Å². The monoisotopic (exact) mass is 211 g/mol. The minimum absolute atomic E-state index is 0.726. The summed E-state index contributed by atoms with van der Waals surface area (Å²) in [5, 5.41) is 3.45. The van der Waals surface area contributed by atoms with Gasteiger partial charge in [-0.2, -0.15) is 0 Å². The van der Waals surface area contributed by atoms with Gasteiger partial charge in [0.1, 0.15) is 0 Å². The Bertz CT molecular complexity index is 178. The average molecular weight is 211 g/mol. The highest BCUT2D eigenvalue weighted by Crippen LogP contribution is 2.09. The Labute approximate surface area is 93.8 Å². The minimum Gasteiger partial charge on any atom is -0.314 e. The van der Waals surface area contributed by atoms with Crippen molar-refractivity contribution in [3.8, 4) is 0 Å². The first kappa shape index (κ1) is 11.4. The Kier molecular flexibility index (Phi) is 4.42. The first-order valence-electron chi connectivity index (χ1n) is 6.53. The molecule has 3 nitrogen and oxygen atoms in total. The van der Waals surface area contributed by atoms with Crippen molar-refractivity contribution in [3.63, 3.8) is 0 Å². The van der Waals surface area contributed by atoms with E-state index >= 15 is 0 Å². The standard InChI is InChI=1S/C12H25N3/c1-12-11-13-5-8-15(12)10-9-14-6-3-2-4-7-14/h12-13H,2-11H2,1H3/t12-/m0/s1. The van der Waals surface area contributed by atoms with Crippen LogP contribution in [0.25, 0.3) is 0 Å². The van der Waals surface area contributed by atoms with Crippen molar-refractivity contribution < 1.29 is 0 Å². The number of nitrogens with zero attached hydrogens (tertiary/aromatic N) is 2. The molecule has 3 heteroatoms. The maximum Gasteiger partial charge on any atom is 0.0193 e. The summed E-state index contributed by atoms with van der Waals surface area (Å²) in [6.45, 7) is 11.1. The van der Waals surface area contributed by atoms with Crippen LogP contribution in [0.3, 0.4) is 0 Å². The van der Waals surface area contributed by atoms with Crippen LogP contribution < -0.4 is 5.32 Å². The predicted molar refractivity (Wildman–Crippen MR) is 64.2 cm³/mol. The molecule has 0 aliphatic carbocycles. The summed E-state index contributed by atoms with van der Waals surface area (Å²) >= 11 is 0. The topological polar surface area (TPSA) is 18.5 Å². The number of nitrogens with one attached hydrogen (secondary N) is 1. The summed E-state index contributed by atoms with van der Waals surface area (Å²) in [5.74, 6) is 0. The number of piperazine rings is 1. The highest BCUT2D eigenvalue weighted by Gasteiger charge is 2.18. The van der Waals surface area contributed by atoms with Gasteiger partial charge in [-0.3, -0.25) is 4.90 Å². The van der Waals surface area contributed by atoms with Crippen LogP contribution in [0.15, 0.2) is 0 Å². The Balaban J connectivity index is 1.67. The van der Waals surface area contributed by atoms with Gasteiger partial charge in [-0.15, -0.1) is 0 Å².